The van der Waals surface area contributed by atoms with Gasteiger partial charge in [-0.15, -0.1) is 11.3 Å². The van der Waals surface area contributed by atoms with Crippen molar-refractivity contribution in [3.05, 3.63) is 21.4 Å². The quantitative estimate of drug-likeness (QED) is 0.850. The van der Waals surface area contributed by atoms with Crippen LogP contribution >= 0.6 is 11.3 Å². The summed E-state index contributed by atoms with van der Waals surface area (Å²) in [5, 5.41) is 3.05. The summed E-state index contributed by atoms with van der Waals surface area (Å²) in [4.78, 5) is 14.3. The van der Waals surface area contributed by atoms with Crippen LogP contribution in [0.2, 0.25) is 0 Å². The van der Waals surface area contributed by atoms with Crippen molar-refractivity contribution in [2.75, 3.05) is 18.8 Å². The topological polar surface area (TPSA) is 66.5 Å². The Kier molecular flexibility index (Phi) is 6.22. The summed E-state index contributed by atoms with van der Waals surface area (Å²) in [7, 11) is -3.12. The maximum absolute atomic E-state index is 12.3. The monoisotopic (exact) mass is 358 g/mol. The summed E-state index contributed by atoms with van der Waals surface area (Å²) in [6.07, 6.45) is 2.93. The van der Waals surface area contributed by atoms with Crippen LogP contribution in [0, 0.1) is 6.92 Å². The molecule has 0 atom stereocenters. The first-order chi connectivity index (χ1) is 10.9. The molecule has 1 aliphatic rings. The molecule has 0 aliphatic carbocycles. The minimum absolute atomic E-state index is 0.0346. The van der Waals surface area contributed by atoms with E-state index >= 15 is 0 Å². The maximum atomic E-state index is 12.3. The van der Waals surface area contributed by atoms with Gasteiger partial charge < -0.3 is 5.32 Å². The SMILES string of the molecule is CCCS(=O)(=O)N1CCC(NC(=O)c2cc(CC)c(C)s2)CC1. The Morgan fingerprint density at radius 1 is 1.35 bits per heavy atom. The largest absolute Gasteiger partial charge is 0.349 e. The van der Waals surface area contributed by atoms with Gasteiger partial charge in [-0.25, -0.2) is 12.7 Å². The Balaban J connectivity index is 1.90. The molecule has 0 unspecified atom stereocenters. The lowest BCUT2D eigenvalue weighted by atomic mass is 10.1. The number of sulfonamides is 1. The first-order valence-electron chi connectivity index (χ1n) is 8.25. The Bertz CT molecular complexity index is 644. The second kappa shape index (κ2) is 7.77. The van der Waals surface area contributed by atoms with Crippen LogP contribution in [0.5, 0.6) is 0 Å². The number of aryl methyl sites for hydroxylation is 2. The van der Waals surface area contributed by atoms with Gasteiger partial charge in [-0.2, -0.15) is 0 Å². The maximum Gasteiger partial charge on any atom is 0.261 e. The van der Waals surface area contributed by atoms with E-state index in [0.29, 0.717) is 32.4 Å². The van der Waals surface area contributed by atoms with Crippen molar-refractivity contribution in [2.24, 2.45) is 0 Å². The van der Waals surface area contributed by atoms with Gasteiger partial charge in [-0.1, -0.05) is 13.8 Å². The van der Waals surface area contributed by atoms with Gasteiger partial charge >= 0.3 is 0 Å². The van der Waals surface area contributed by atoms with Crippen molar-refractivity contribution in [2.45, 2.75) is 52.5 Å². The summed E-state index contributed by atoms with van der Waals surface area (Å²) in [5.41, 5.74) is 1.22. The zero-order chi connectivity index (χ0) is 17.0. The highest BCUT2D eigenvalue weighted by Gasteiger charge is 2.28. The zero-order valence-electron chi connectivity index (χ0n) is 14.1. The molecule has 0 aromatic carbocycles. The molecule has 2 heterocycles. The Labute approximate surface area is 143 Å². The van der Waals surface area contributed by atoms with E-state index in [1.165, 1.54) is 21.8 Å². The standard InChI is InChI=1S/C16H26N2O3S2/c1-4-10-23(20,21)18-8-6-14(7-9-18)17-16(19)15-11-13(5-2)12(3)22-15/h11,14H,4-10H2,1-3H3,(H,17,19). The van der Waals surface area contributed by atoms with Crippen LogP contribution in [-0.2, 0) is 16.4 Å². The molecule has 1 amide bonds. The number of nitrogens with one attached hydrogen (secondary N) is 1. The predicted octanol–water partition coefficient (Wildman–Crippen LogP) is 2.55. The molecule has 1 aromatic heterocycles. The van der Waals surface area contributed by atoms with Gasteiger partial charge in [0.05, 0.1) is 10.6 Å². The van der Waals surface area contributed by atoms with Crippen LogP contribution < -0.4 is 5.32 Å². The molecule has 5 nitrogen and oxygen atoms in total. The first kappa shape index (κ1) is 18.4. The van der Waals surface area contributed by atoms with Gasteiger partial charge in [0, 0.05) is 24.0 Å². The third-order valence-electron chi connectivity index (χ3n) is 4.27. The van der Waals surface area contributed by atoms with E-state index in [4.69, 9.17) is 0 Å². The normalized spacial score (nSPS) is 17.3. The van der Waals surface area contributed by atoms with E-state index in [9.17, 15) is 13.2 Å². The molecule has 1 aliphatic heterocycles. The summed E-state index contributed by atoms with van der Waals surface area (Å²) in [5.74, 6) is 0.172. The van der Waals surface area contributed by atoms with Gasteiger partial charge in [0.2, 0.25) is 10.0 Å². The van der Waals surface area contributed by atoms with Gasteiger partial charge in [0.25, 0.3) is 5.91 Å². The summed E-state index contributed by atoms with van der Waals surface area (Å²) >= 11 is 1.53. The minimum Gasteiger partial charge on any atom is -0.349 e. The highest BCUT2D eigenvalue weighted by molar-refractivity contribution is 7.89. The van der Waals surface area contributed by atoms with Crippen LogP contribution in [0.3, 0.4) is 0 Å². The summed E-state index contributed by atoms with van der Waals surface area (Å²) in [6, 6.07) is 2.03. The molecule has 0 bridgehead atoms. The van der Waals surface area contributed by atoms with E-state index in [1.54, 1.807) is 4.31 Å². The van der Waals surface area contributed by atoms with Crippen molar-refractivity contribution in [3.8, 4) is 0 Å². The van der Waals surface area contributed by atoms with Crippen LogP contribution in [0.4, 0.5) is 0 Å². The summed E-state index contributed by atoms with van der Waals surface area (Å²) in [6.45, 7) is 6.99. The van der Waals surface area contributed by atoms with Gasteiger partial charge in [-0.3, -0.25) is 4.79 Å². The van der Waals surface area contributed by atoms with Crippen LogP contribution in [0.25, 0.3) is 0 Å². The molecule has 0 saturated carbocycles. The molecule has 1 fully saturated rings. The molecule has 0 spiro atoms. The highest BCUT2D eigenvalue weighted by atomic mass is 32.2. The molecule has 1 aromatic rings. The van der Waals surface area contributed by atoms with Gasteiger partial charge in [-0.05, 0) is 44.2 Å². The fourth-order valence-electron chi connectivity index (χ4n) is 2.90. The fourth-order valence-corrected chi connectivity index (χ4v) is 5.46. The number of amides is 1. The van der Waals surface area contributed by atoms with E-state index in [0.717, 1.165) is 11.3 Å². The number of carbonyl (C=O) groups is 1. The fraction of sp³-hybridized carbons (Fsp3) is 0.688. The van der Waals surface area contributed by atoms with E-state index in [-0.39, 0.29) is 17.7 Å². The number of hydrogen-bond donors (Lipinski definition) is 1. The molecule has 23 heavy (non-hydrogen) atoms. The van der Waals surface area contributed by atoms with E-state index in [1.807, 2.05) is 19.9 Å². The lowest BCUT2D eigenvalue weighted by Crippen LogP contribution is -2.46. The number of thiophene rings is 1. The molecule has 7 heteroatoms. The van der Waals surface area contributed by atoms with Crippen molar-refractivity contribution >= 4 is 27.3 Å². The van der Waals surface area contributed by atoms with Crippen LogP contribution in [0.1, 0.15) is 53.2 Å². The van der Waals surface area contributed by atoms with Crippen molar-refractivity contribution in [1.29, 1.82) is 0 Å². The number of rotatable bonds is 6. The molecule has 0 radical (unpaired) electrons. The van der Waals surface area contributed by atoms with Crippen LogP contribution in [-0.4, -0.2) is 43.5 Å². The number of carbonyl (C=O) groups excluding carboxylic acids is 1. The predicted molar refractivity (Wildman–Crippen MR) is 94.6 cm³/mol. The molecule has 1 saturated heterocycles. The number of hydrogen-bond acceptors (Lipinski definition) is 4. The molecular weight excluding hydrogens is 332 g/mol. The lowest BCUT2D eigenvalue weighted by Gasteiger charge is -2.31. The molecule has 2 rings (SSSR count). The Morgan fingerprint density at radius 2 is 2.00 bits per heavy atom. The molecule has 130 valence electrons. The van der Waals surface area contributed by atoms with E-state index in [2.05, 4.69) is 12.2 Å². The second-order valence-electron chi connectivity index (χ2n) is 6.01. The smallest absolute Gasteiger partial charge is 0.261 e. The molecular formula is C16H26N2O3S2. The third kappa shape index (κ3) is 4.55. The van der Waals surface area contributed by atoms with Crippen LogP contribution in [0.15, 0.2) is 6.07 Å². The second-order valence-corrected chi connectivity index (χ2v) is 9.35. The minimum atomic E-state index is -3.12. The van der Waals surface area contributed by atoms with Crippen molar-refractivity contribution in [1.82, 2.24) is 9.62 Å². The van der Waals surface area contributed by atoms with Crippen molar-refractivity contribution in [3.63, 3.8) is 0 Å². The third-order valence-corrected chi connectivity index (χ3v) is 7.44. The number of piperidine rings is 1. The summed E-state index contributed by atoms with van der Waals surface area (Å²) < 4.78 is 25.7. The average molecular weight is 359 g/mol. The Hall–Kier alpha value is -0.920. The molecule has 1 N–H and O–H groups in total. The average Bonchev–Trinajstić information content (AvgIpc) is 2.89. The van der Waals surface area contributed by atoms with E-state index < -0.39 is 10.0 Å². The van der Waals surface area contributed by atoms with Gasteiger partial charge in [0.15, 0.2) is 0 Å². The first-order valence-corrected chi connectivity index (χ1v) is 10.7. The zero-order valence-corrected chi connectivity index (χ0v) is 15.7. The number of nitrogens with zero attached hydrogens (tertiary/aromatic N) is 1. The van der Waals surface area contributed by atoms with Gasteiger partial charge in [0.1, 0.15) is 0 Å². The Morgan fingerprint density at radius 3 is 2.52 bits per heavy atom. The highest BCUT2D eigenvalue weighted by Crippen LogP contribution is 2.23. The lowest BCUT2D eigenvalue weighted by molar-refractivity contribution is 0.0928. The van der Waals surface area contributed by atoms with Crippen molar-refractivity contribution < 1.29 is 13.2 Å².